The predicted molar refractivity (Wildman–Crippen MR) is 87.7 cm³/mol. The Bertz CT molecular complexity index is 608. The quantitative estimate of drug-likeness (QED) is 0.824. The molecule has 1 aliphatic rings. The SMILES string of the molecule is Cc1cc(S(=O)(=O)NC2CCCSC2)ccc1C(N)=S. The van der Waals surface area contributed by atoms with Crippen molar-refractivity contribution in [2.24, 2.45) is 5.73 Å². The summed E-state index contributed by atoms with van der Waals surface area (Å²) < 4.78 is 27.5. The molecule has 1 aromatic carbocycles. The van der Waals surface area contributed by atoms with E-state index in [1.165, 1.54) is 0 Å². The van der Waals surface area contributed by atoms with E-state index in [-0.39, 0.29) is 15.9 Å². The summed E-state index contributed by atoms with van der Waals surface area (Å²) >= 11 is 6.71. The van der Waals surface area contributed by atoms with Gasteiger partial charge in [0.2, 0.25) is 10.0 Å². The van der Waals surface area contributed by atoms with Gasteiger partial charge in [0.05, 0.1) is 4.90 Å². The maximum absolute atomic E-state index is 12.3. The molecule has 0 bridgehead atoms. The van der Waals surface area contributed by atoms with E-state index in [1.54, 1.807) is 30.0 Å². The molecule has 20 heavy (non-hydrogen) atoms. The highest BCUT2D eigenvalue weighted by atomic mass is 32.2. The Labute approximate surface area is 129 Å². The highest BCUT2D eigenvalue weighted by molar-refractivity contribution is 7.99. The number of nitrogens with two attached hydrogens (primary N) is 1. The molecule has 1 atom stereocenters. The molecule has 1 heterocycles. The van der Waals surface area contributed by atoms with Crippen molar-refractivity contribution in [3.63, 3.8) is 0 Å². The summed E-state index contributed by atoms with van der Waals surface area (Å²) in [6.45, 7) is 1.81. The van der Waals surface area contributed by atoms with E-state index in [9.17, 15) is 8.42 Å². The molecule has 110 valence electrons. The Kier molecular flexibility index (Phi) is 5.06. The van der Waals surface area contributed by atoms with Gasteiger partial charge in [-0.2, -0.15) is 11.8 Å². The van der Waals surface area contributed by atoms with Crippen LogP contribution in [0.1, 0.15) is 24.0 Å². The molecule has 0 aromatic heterocycles. The lowest BCUT2D eigenvalue weighted by Gasteiger charge is -2.22. The van der Waals surface area contributed by atoms with E-state index < -0.39 is 10.0 Å². The molecule has 0 saturated carbocycles. The van der Waals surface area contributed by atoms with E-state index >= 15 is 0 Å². The van der Waals surface area contributed by atoms with Crippen LogP contribution in [0.25, 0.3) is 0 Å². The van der Waals surface area contributed by atoms with Crippen molar-refractivity contribution in [1.82, 2.24) is 4.72 Å². The molecule has 1 aromatic rings. The van der Waals surface area contributed by atoms with E-state index in [4.69, 9.17) is 18.0 Å². The van der Waals surface area contributed by atoms with Gasteiger partial charge in [-0.15, -0.1) is 0 Å². The van der Waals surface area contributed by atoms with Crippen LogP contribution in [0.15, 0.2) is 23.1 Å². The maximum Gasteiger partial charge on any atom is 0.240 e. The summed E-state index contributed by atoms with van der Waals surface area (Å²) in [6, 6.07) is 4.86. The minimum Gasteiger partial charge on any atom is -0.389 e. The topological polar surface area (TPSA) is 72.2 Å². The lowest BCUT2D eigenvalue weighted by atomic mass is 10.1. The summed E-state index contributed by atoms with van der Waals surface area (Å²) in [5, 5.41) is 0. The third-order valence-electron chi connectivity index (χ3n) is 3.26. The monoisotopic (exact) mass is 330 g/mol. The molecule has 7 heteroatoms. The fourth-order valence-electron chi connectivity index (χ4n) is 2.20. The van der Waals surface area contributed by atoms with Gasteiger partial charge in [0.1, 0.15) is 4.99 Å². The van der Waals surface area contributed by atoms with Crippen LogP contribution in [0.3, 0.4) is 0 Å². The van der Waals surface area contributed by atoms with Crippen LogP contribution in [0.2, 0.25) is 0 Å². The molecule has 2 rings (SSSR count). The summed E-state index contributed by atoms with van der Waals surface area (Å²) in [5.74, 6) is 1.95. The van der Waals surface area contributed by atoms with Crippen molar-refractivity contribution >= 4 is 39.0 Å². The molecule has 3 N–H and O–H groups in total. The van der Waals surface area contributed by atoms with Gasteiger partial charge < -0.3 is 5.73 Å². The minimum absolute atomic E-state index is 0.0225. The molecule has 0 aliphatic carbocycles. The normalized spacial score (nSPS) is 19.8. The Balaban J connectivity index is 2.20. The van der Waals surface area contributed by atoms with Crippen molar-refractivity contribution in [1.29, 1.82) is 0 Å². The number of hydrogen-bond acceptors (Lipinski definition) is 4. The molecule has 0 radical (unpaired) electrons. The van der Waals surface area contributed by atoms with Crippen molar-refractivity contribution in [3.8, 4) is 0 Å². The second-order valence-electron chi connectivity index (χ2n) is 4.88. The number of sulfonamides is 1. The van der Waals surface area contributed by atoms with Crippen molar-refractivity contribution < 1.29 is 8.42 Å². The zero-order valence-corrected chi connectivity index (χ0v) is 13.7. The van der Waals surface area contributed by atoms with Gasteiger partial charge in [-0.05, 0) is 43.2 Å². The van der Waals surface area contributed by atoms with Crippen LogP contribution in [-0.2, 0) is 10.0 Å². The van der Waals surface area contributed by atoms with Gasteiger partial charge in [0, 0.05) is 17.4 Å². The zero-order chi connectivity index (χ0) is 14.8. The van der Waals surface area contributed by atoms with E-state index in [1.807, 2.05) is 6.92 Å². The van der Waals surface area contributed by atoms with Gasteiger partial charge in [-0.1, -0.05) is 18.3 Å². The molecule has 4 nitrogen and oxygen atoms in total. The first-order valence-electron chi connectivity index (χ1n) is 6.40. The van der Waals surface area contributed by atoms with E-state index in [0.29, 0.717) is 5.56 Å². The second-order valence-corrected chi connectivity index (χ2v) is 8.18. The fourth-order valence-corrected chi connectivity index (χ4v) is 4.96. The Morgan fingerprint density at radius 1 is 1.50 bits per heavy atom. The first kappa shape index (κ1) is 15.8. The minimum atomic E-state index is -3.47. The molecular formula is C13H18N2O2S3. The highest BCUT2D eigenvalue weighted by Crippen LogP contribution is 2.20. The number of thioether (sulfide) groups is 1. The van der Waals surface area contributed by atoms with Crippen molar-refractivity contribution in [2.75, 3.05) is 11.5 Å². The number of aryl methyl sites for hydroxylation is 1. The lowest BCUT2D eigenvalue weighted by Crippen LogP contribution is -2.38. The number of rotatable bonds is 4. The van der Waals surface area contributed by atoms with Crippen molar-refractivity contribution in [3.05, 3.63) is 29.3 Å². The van der Waals surface area contributed by atoms with Crippen LogP contribution in [-0.4, -0.2) is 31.0 Å². The standard InChI is InChI=1S/C13H18N2O2S3/c1-9-7-11(4-5-12(9)13(14)18)20(16,17)15-10-3-2-6-19-8-10/h4-5,7,10,15H,2-3,6,8H2,1H3,(H2,14,18). The van der Waals surface area contributed by atoms with Crippen LogP contribution in [0.5, 0.6) is 0 Å². The highest BCUT2D eigenvalue weighted by Gasteiger charge is 2.22. The Morgan fingerprint density at radius 2 is 2.25 bits per heavy atom. The zero-order valence-electron chi connectivity index (χ0n) is 11.3. The summed E-state index contributed by atoms with van der Waals surface area (Å²) in [7, 11) is -3.47. The van der Waals surface area contributed by atoms with Gasteiger partial charge in [0.25, 0.3) is 0 Å². The van der Waals surface area contributed by atoms with Gasteiger partial charge in [0.15, 0.2) is 0 Å². The number of nitrogens with one attached hydrogen (secondary N) is 1. The van der Waals surface area contributed by atoms with Gasteiger partial charge in [-0.3, -0.25) is 0 Å². The molecule has 0 spiro atoms. The summed E-state index contributed by atoms with van der Waals surface area (Å²) in [4.78, 5) is 0.550. The summed E-state index contributed by atoms with van der Waals surface area (Å²) in [6.07, 6.45) is 1.95. The van der Waals surface area contributed by atoms with E-state index in [2.05, 4.69) is 4.72 Å². The third-order valence-corrected chi connectivity index (χ3v) is 6.21. The average molecular weight is 331 g/mol. The third kappa shape index (κ3) is 3.72. The summed E-state index contributed by atoms with van der Waals surface area (Å²) in [5.41, 5.74) is 7.08. The van der Waals surface area contributed by atoms with Crippen LogP contribution < -0.4 is 10.5 Å². The average Bonchev–Trinajstić information content (AvgIpc) is 2.38. The first-order valence-corrected chi connectivity index (χ1v) is 9.45. The largest absolute Gasteiger partial charge is 0.389 e. The molecule has 1 fully saturated rings. The van der Waals surface area contributed by atoms with Crippen LogP contribution >= 0.6 is 24.0 Å². The maximum atomic E-state index is 12.3. The van der Waals surface area contributed by atoms with Gasteiger partial charge >= 0.3 is 0 Å². The number of hydrogen-bond donors (Lipinski definition) is 2. The lowest BCUT2D eigenvalue weighted by molar-refractivity contribution is 0.543. The van der Waals surface area contributed by atoms with E-state index in [0.717, 1.165) is 29.9 Å². The second kappa shape index (κ2) is 6.43. The fraction of sp³-hybridized carbons (Fsp3) is 0.462. The number of thiocarbonyl (C=S) groups is 1. The molecule has 1 unspecified atom stereocenters. The van der Waals surface area contributed by atoms with Gasteiger partial charge in [-0.25, -0.2) is 13.1 Å². The smallest absolute Gasteiger partial charge is 0.240 e. The number of benzene rings is 1. The Morgan fingerprint density at radius 3 is 2.80 bits per heavy atom. The predicted octanol–water partition coefficient (Wildman–Crippen LogP) is 1.80. The first-order chi connectivity index (χ1) is 9.40. The van der Waals surface area contributed by atoms with Crippen LogP contribution in [0, 0.1) is 6.92 Å². The molecule has 1 aliphatic heterocycles. The van der Waals surface area contributed by atoms with Crippen LogP contribution in [0.4, 0.5) is 0 Å². The molecule has 1 saturated heterocycles. The van der Waals surface area contributed by atoms with Crippen molar-refractivity contribution in [2.45, 2.75) is 30.7 Å². The Hall–Kier alpha value is -0.630. The molecular weight excluding hydrogens is 312 g/mol. The molecule has 0 amide bonds.